The van der Waals surface area contributed by atoms with Crippen molar-refractivity contribution in [1.29, 1.82) is 0 Å². The van der Waals surface area contributed by atoms with Crippen LogP contribution < -0.4 is 0 Å². The van der Waals surface area contributed by atoms with Crippen molar-refractivity contribution >= 4 is 6.71 Å². The van der Waals surface area contributed by atoms with E-state index in [4.69, 9.17) is 0 Å². The molecule has 0 aliphatic carbocycles. The van der Waals surface area contributed by atoms with Crippen molar-refractivity contribution in [3.05, 3.63) is 0 Å². The van der Waals surface area contributed by atoms with E-state index in [1.54, 1.807) is 0 Å². The molecule has 0 N–H and O–H groups in total. The molecule has 0 aromatic carbocycles. The molecule has 0 heterocycles. The van der Waals surface area contributed by atoms with Crippen LogP contribution in [-0.2, 0) is 0 Å². The van der Waals surface area contributed by atoms with Gasteiger partial charge in [0.15, 0.2) is 0 Å². The van der Waals surface area contributed by atoms with Gasteiger partial charge in [-0.05, 0) is 6.92 Å². The maximum Gasteiger partial charge on any atom is 0.234 e. The maximum absolute atomic E-state index is 3.26. The van der Waals surface area contributed by atoms with Gasteiger partial charge in [0.25, 0.3) is 0 Å². The Morgan fingerprint density at radius 3 is 2.09 bits per heavy atom. The quantitative estimate of drug-likeness (QED) is 0.428. The standard InChI is InChI=1S/C10H19B/c1-6-8-11(7-2)10(5)9(3)4/h9-10H,7H2,1-5H3. The van der Waals surface area contributed by atoms with Gasteiger partial charge in [-0.25, -0.2) is 0 Å². The van der Waals surface area contributed by atoms with E-state index >= 15 is 0 Å². The van der Waals surface area contributed by atoms with Gasteiger partial charge >= 0.3 is 0 Å². The second-order valence-electron chi connectivity index (χ2n) is 3.51. The Kier molecular flexibility index (Phi) is 5.12. The second-order valence-corrected chi connectivity index (χ2v) is 3.51. The van der Waals surface area contributed by atoms with Gasteiger partial charge in [0.1, 0.15) is 0 Å². The summed E-state index contributed by atoms with van der Waals surface area (Å²) in [4.78, 5) is 0. The van der Waals surface area contributed by atoms with E-state index in [1.807, 2.05) is 6.92 Å². The molecule has 0 saturated heterocycles. The van der Waals surface area contributed by atoms with Crippen LogP contribution in [0.3, 0.4) is 0 Å². The van der Waals surface area contributed by atoms with Crippen LogP contribution in [-0.4, -0.2) is 6.71 Å². The molecule has 0 aromatic heterocycles. The van der Waals surface area contributed by atoms with E-state index in [1.165, 1.54) is 6.32 Å². The van der Waals surface area contributed by atoms with E-state index in [0.29, 0.717) is 6.71 Å². The minimum atomic E-state index is 0.597. The van der Waals surface area contributed by atoms with Crippen LogP contribution in [0, 0.1) is 17.7 Å². The summed E-state index contributed by atoms with van der Waals surface area (Å²) in [5.74, 6) is 7.75. The minimum absolute atomic E-state index is 0.597. The smallest absolute Gasteiger partial charge is 0.155 e. The molecule has 0 amide bonds. The number of hydrogen-bond donors (Lipinski definition) is 0. The molecule has 0 rings (SSSR count). The van der Waals surface area contributed by atoms with Gasteiger partial charge in [-0.3, -0.25) is 0 Å². The molecular weight excluding hydrogens is 131 g/mol. The predicted molar refractivity (Wildman–Crippen MR) is 53.9 cm³/mol. The van der Waals surface area contributed by atoms with E-state index in [-0.39, 0.29) is 0 Å². The van der Waals surface area contributed by atoms with Crippen LogP contribution >= 0.6 is 0 Å². The monoisotopic (exact) mass is 150 g/mol. The van der Waals surface area contributed by atoms with Crippen molar-refractivity contribution in [2.24, 2.45) is 5.92 Å². The first kappa shape index (κ1) is 10.6. The number of rotatable bonds is 3. The van der Waals surface area contributed by atoms with Crippen molar-refractivity contribution in [3.63, 3.8) is 0 Å². The summed E-state index contributed by atoms with van der Waals surface area (Å²) >= 11 is 0. The highest BCUT2D eigenvalue weighted by molar-refractivity contribution is 6.68. The maximum atomic E-state index is 3.26. The highest BCUT2D eigenvalue weighted by Gasteiger charge is 2.20. The molecular formula is C10H19B. The van der Waals surface area contributed by atoms with Gasteiger partial charge in [0.2, 0.25) is 6.71 Å². The summed E-state index contributed by atoms with van der Waals surface area (Å²) in [7, 11) is 0. The van der Waals surface area contributed by atoms with Gasteiger partial charge in [0, 0.05) is 0 Å². The van der Waals surface area contributed by atoms with Crippen LogP contribution in [0.5, 0.6) is 0 Å². The molecule has 62 valence electrons. The lowest BCUT2D eigenvalue weighted by molar-refractivity contribution is 0.614. The molecule has 0 bridgehead atoms. The van der Waals surface area contributed by atoms with E-state index in [2.05, 4.69) is 39.4 Å². The molecule has 1 unspecified atom stereocenters. The molecule has 0 spiro atoms. The van der Waals surface area contributed by atoms with Crippen LogP contribution in [0.4, 0.5) is 0 Å². The molecule has 0 aromatic rings. The fraction of sp³-hybridized carbons (Fsp3) is 0.800. The molecule has 0 saturated carbocycles. The first-order valence-corrected chi connectivity index (χ1v) is 4.55. The van der Waals surface area contributed by atoms with Crippen molar-refractivity contribution in [3.8, 4) is 11.7 Å². The van der Waals surface area contributed by atoms with Crippen molar-refractivity contribution in [1.82, 2.24) is 0 Å². The van der Waals surface area contributed by atoms with Crippen molar-refractivity contribution in [2.45, 2.75) is 46.8 Å². The third-order valence-electron chi connectivity index (χ3n) is 2.46. The Morgan fingerprint density at radius 1 is 1.27 bits per heavy atom. The molecule has 0 aliphatic rings. The summed E-state index contributed by atoms with van der Waals surface area (Å²) in [6, 6.07) is 0. The topological polar surface area (TPSA) is 0 Å². The molecule has 0 radical (unpaired) electrons. The molecule has 0 fully saturated rings. The zero-order valence-corrected chi connectivity index (χ0v) is 8.44. The lowest BCUT2D eigenvalue weighted by atomic mass is 9.38. The van der Waals surface area contributed by atoms with Gasteiger partial charge in [-0.15, -0.1) is 5.92 Å². The zero-order valence-electron chi connectivity index (χ0n) is 8.44. The Hall–Kier alpha value is -0.375. The summed E-state index contributed by atoms with van der Waals surface area (Å²) in [5, 5.41) is 0. The lowest BCUT2D eigenvalue weighted by Crippen LogP contribution is -2.19. The summed E-state index contributed by atoms with van der Waals surface area (Å²) in [5.41, 5.74) is 0. The average molecular weight is 150 g/mol. The van der Waals surface area contributed by atoms with Gasteiger partial charge < -0.3 is 0 Å². The zero-order chi connectivity index (χ0) is 8.85. The first-order chi connectivity index (χ1) is 5.13. The first-order valence-electron chi connectivity index (χ1n) is 4.55. The van der Waals surface area contributed by atoms with Crippen molar-refractivity contribution in [2.75, 3.05) is 0 Å². The number of hydrogen-bond acceptors (Lipinski definition) is 0. The van der Waals surface area contributed by atoms with Crippen LogP contribution in [0.2, 0.25) is 12.1 Å². The van der Waals surface area contributed by atoms with Crippen molar-refractivity contribution < 1.29 is 0 Å². The Balaban J connectivity index is 4.09. The van der Waals surface area contributed by atoms with E-state index in [9.17, 15) is 0 Å². The molecule has 0 nitrogen and oxygen atoms in total. The summed E-state index contributed by atoms with van der Waals surface area (Å²) in [6.45, 7) is 11.6. The van der Waals surface area contributed by atoms with E-state index in [0.717, 1.165) is 11.7 Å². The Morgan fingerprint density at radius 2 is 1.82 bits per heavy atom. The molecule has 0 aliphatic heterocycles. The van der Waals surface area contributed by atoms with Gasteiger partial charge in [-0.2, -0.15) is 5.82 Å². The summed E-state index contributed by atoms with van der Waals surface area (Å²) < 4.78 is 0. The Bertz CT molecular complexity index is 150. The minimum Gasteiger partial charge on any atom is -0.155 e. The fourth-order valence-corrected chi connectivity index (χ4v) is 1.26. The molecule has 1 heteroatoms. The van der Waals surface area contributed by atoms with Crippen LogP contribution in [0.1, 0.15) is 34.6 Å². The average Bonchev–Trinajstić information content (AvgIpc) is 1.98. The lowest BCUT2D eigenvalue weighted by Gasteiger charge is -2.17. The normalized spacial score (nSPS) is 12.2. The van der Waals surface area contributed by atoms with Gasteiger partial charge in [-0.1, -0.05) is 45.8 Å². The summed E-state index contributed by atoms with van der Waals surface area (Å²) in [6.07, 6.45) is 1.18. The highest BCUT2D eigenvalue weighted by atomic mass is 14.0. The van der Waals surface area contributed by atoms with Crippen LogP contribution in [0.25, 0.3) is 0 Å². The third kappa shape index (κ3) is 3.51. The fourth-order valence-electron chi connectivity index (χ4n) is 1.26. The largest absolute Gasteiger partial charge is 0.234 e. The van der Waals surface area contributed by atoms with E-state index < -0.39 is 0 Å². The SMILES string of the molecule is CC#CB(CC)C(C)C(C)C. The highest BCUT2D eigenvalue weighted by Crippen LogP contribution is 2.21. The van der Waals surface area contributed by atoms with Crippen LogP contribution in [0.15, 0.2) is 0 Å². The third-order valence-corrected chi connectivity index (χ3v) is 2.46. The Labute approximate surface area is 71.8 Å². The molecule has 1 atom stereocenters. The predicted octanol–water partition coefficient (Wildman–Crippen LogP) is 3.11. The van der Waals surface area contributed by atoms with Gasteiger partial charge in [0.05, 0.1) is 0 Å². The second kappa shape index (κ2) is 5.30. The molecule has 11 heavy (non-hydrogen) atoms.